The van der Waals surface area contributed by atoms with E-state index in [9.17, 15) is 14.7 Å². The van der Waals surface area contributed by atoms with Gasteiger partial charge in [-0.2, -0.15) is 0 Å². The van der Waals surface area contributed by atoms with Crippen LogP contribution in [-0.4, -0.2) is 47.2 Å². The summed E-state index contributed by atoms with van der Waals surface area (Å²) in [6.45, 7) is 0. The predicted octanol–water partition coefficient (Wildman–Crippen LogP) is 1.53. The molecule has 27 heavy (non-hydrogen) atoms. The third-order valence-corrected chi connectivity index (χ3v) is 7.14. The zero-order valence-corrected chi connectivity index (χ0v) is 16.9. The Morgan fingerprint density at radius 2 is 1.93 bits per heavy atom. The van der Waals surface area contributed by atoms with Crippen molar-refractivity contribution in [3.63, 3.8) is 0 Å². The monoisotopic (exact) mass is 428 g/mol. The molecule has 0 fully saturated rings. The molecule has 0 spiro atoms. The number of carboxylic acid groups (broad SMARTS) is 1. The van der Waals surface area contributed by atoms with Crippen LogP contribution in [0.5, 0.6) is 0 Å². The van der Waals surface area contributed by atoms with Crippen molar-refractivity contribution >= 4 is 42.9 Å². The normalized spacial score (nSPS) is 12.7. The number of aryl methyl sites for hydroxylation is 1. The maximum atomic E-state index is 12.4. The van der Waals surface area contributed by atoms with Gasteiger partial charge < -0.3 is 0 Å². The molecule has 2 atom stereocenters. The van der Waals surface area contributed by atoms with Gasteiger partial charge in [-0.05, 0) is 0 Å². The van der Waals surface area contributed by atoms with Crippen molar-refractivity contribution in [3.05, 3.63) is 65.4 Å². The van der Waals surface area contributed by atoms with Gasteiger partial charge >= 0.3 is 163 Å². The molecular weight excluding hydrogens is 407 g/mol. The molecule has 0 saturated heterocycles. The van der Waals surface area contributed by atoms with E-state index in [4.69, 9.17) is 10.8 Å². The molecule has 0 aliphatic carbocycles. The molecule has 2 unspecified atom stereocenters. The number of hydrogen-bond acceptors (Lipinski definition) is 4. The molecule has 0 radical (unpaired) electrons. The van der Waals surface area contributed by atoms with Crippen molar-refractivity contribution in [1.29, 1.82) is 0 Å². The number of para-hydroxylation sites is 1. The quantitative estimate of drug-likeness (QED) is 0.391. The molecule has 3 rings (SSSR count). The van der Waals surface area contributed by atoms with Gasteiger partial charge in [-0.25, -0.2) is 0 Å². The Morgan fingerprint density at radius 1 is 1.19 bits per heavy atom. The molecule has 6 nitrogen and oxygen atoms in total. The molecule has 140 valence electrons. The SMILES string of the molecule is Cn1cc(CC(O)C(=O)[AsH]Cc2cc(C(=O)O)ccc2N)c2ccccc21. The Labute approximate surface area is 163 Å². The molecular formula is C20H21AsN2O4. The van der Waals surface area contributed by atoms with Crippen LogP contribution in [-0.2, 0) is 23.5 Å². The molecule has 4 N–H and O–H groups in total. The Kier molecular flexibility index (Phi) is 5.68. The van der Waals surface area contributed by atoms with Crippen molar-refractivity contribution in [2.75, 3.05) is 5.73 Å². The third-order valence-electron chi connectivity index (χ3n) is 4.54. The molecule has 0 saturated carbocycles. The van der Waals surface area contributed by atoms with Gasteiger partial charge in [0.05, 0.1) is 0 Å². The Hall–Kier alpha value is -2.56. The average molecular weight is 428 g/mol. The molecule has 3 aromatic rings. The van der Waals surface area contributed by atoms with Crippen molar-refractivity contribution in [2.24, 2.45) is 7.05 Å². The van der Waals surface area contributed by atoms with Crippen LogP contribution in [0.25, 0.3) is 10.9 Å². The minimum absolute atomic E-state index is 0.148. The van der Waals surface area contributed by atoms with E-state index in [0.717, 1.165) is 16.5 Å². The van der Waals surface area contributed by atoms with Crippen LogP contribution in [0.4, 0.5) is 5.69 Å². The first-order valence-corrected chi connectivity index (χ1v) is 11.0. The second-order valence-corrected chi connectivity index (χ2v) is 8.96. The fourth-order valence-corrected chi connectivity index (χ4v) is 5.20. The Morgan fingerprint density at radius 3 is 2.67 bits per heavy atom. The number of aromatic nitrogens is 1. The van der Waals surface area contributed by atoms with E-state index in [-0.39, 0.29) is 16.6 Å². The van der Waals surface area contributed by atoms with Gasteiger partial charge in [-0.1, -0.05) is 0 Å². The maximum absolute atomic E-state index is 12.4. The van der Waals surface area contributed by atoms with E-state index in [0.29, 0.717) is 16.5 Å². The number of benzene rings is 2. The van der Waals surface area contributed by atoms with Crippen LogP contribution in [0.2, 0.25) is 0 Å². The number of nitrogens with zero attached hydrogens (tertiary/aromatic N) is 1. The van der Waals surface area contributed by atoms with Crippen molar-refractivity contribution in [3.8, 4) is 0 Å². The van der Waals surface area contributed by atoms with E-state index in [1.807, 2.05) is 42.1 Å². The van der Waals surface area contributed by atoms with Crippen LogP contribution in [0.3, 0.4) is 0 Å². The number of fused-ring (bicyclic) bond motifs is 1. The number of nitrogen functional groups attached to an aromatic ring is 1. The number of rotatable bonds is 7. The zero-order chi connectivity index (χ0) is 19.6. The second kappa shape index (κ2) is 7.99. The van der Waals surface area contributed by atoms with Gasteiger partial charge in [0.25, 0.3) is 0 Å². The van der Waals surface area contributed by atoms with Crippen LogP contribution < -0.4 is 5.73 Å². The van der Waals surface area contributed by atoms with Gasteiger partial charge in [0.1, 0.15) is 0 Å². The van der Waals surface area contributed by atoms with E-state index in [1.165, 1.54) is 12.1 Å². The number of nitrogens with two attached hydrogens (primary N) is 1. The van der Waals surface area contributed by atoms with E-state index >= 15 is 0 Å². The van der Waals surface area contributed by atoms with E-state index in [1.54, 1.807) is 6.07 Å². The molecule has 7 heteroatoms. The summed E-state index contributed by atoms with van der Waals surface area (Å²) in [5.41, 5.74) is 9.16. The molecule has 2 aromatic carbocycles. The standard InChI is InChI=1S/C20H21AsN2O4/c1-23-11-14(15-4-2-3-5-17(15)23)9-18(24)19(25)21-10-13-8-12(20(26)27)6-7-16(13)22/h2-8,11,18,21,24H,9-10,22H2,1H3,(H,26,27). The van der Waals surface area contributed by atoms with Crippen LogP contribution in [0, 0.1) is 0 Å². The van der Waals surface area contributed by atoms with Crippen molar-refractivity contribution in [2.45, 2.75) is 17.7 Å². The number of anilines is 1. The molecule has 0 amide bonds. The summed E-state index contributed by atoms with van der Waals surface area (Å²) in [6.07, 6.45) is 1.16. The van der Waals surface area contributed by atoms with Crippen molar-refractivity contribution in [1.82, 2.24) is 4.57 Å². The summed E-state index contributed by atoms with van der Waals surface area (Å²) in [6, 6.07) is 12.4. The number of aliphatic hydroxyl groups excluding tert-OH is 1. The van der Waals surface area contributed by atoms with Crippen LogP contribution in [0.15, 0.2) is 48.7 Å². The third kappa shape index (κ3) is 4.23. The van der Waals surface area contributed by atoms with E-state index < -0.39 is 27.8 Å². The summed E-state index contributed by atoms with van der Waals surface area (Å²) in [5, 5.41) is 20.9. The summed E-state index contributed by atoms with van der Waals surface area (Å²) >= 11 is -1.16. The molecule has 0 aliphatic rings. The summed E-state index contributed by atoms with van der Waals surface area (Å²) in [7, 11) is 1.94. The van der Waals surface area contributed by atoms with Gasteiger partial charge in [0, 0.05) is 0 Å². The number of aliphatic hydroxyl groups is 1. The summed E-state index contributed by atoms with van der Waals surface area (Å²) in [5.74, 6) is -1.03. The zero-order valence-electron chi connectivity index (χ0n) is 14.8. The summed E-state index contributed by atoms with van der Waals surface area (Å²) < 4.78 is 1.82. The van der Waals surface area contributed by atoms with Crippen LogP contribution in [0.1, 0.15) is 21.5 Å². The van der Waals surface area contributed by atoms with Gasteiger partial charge in [0.15, 0.2) is 0 Å². The predicted molar refractivity (Wildman–Crippen MR) is 106 cm³/mol. The van der Waals surface area contributed by atoms with E-state index in [2.05, 4.69) is 0 Å². The molecule has 0 bridgehead atoms. The molecule has 0 aliphatic heterocycles. The van der Waals surface area contributed by atoms with Gasteiger partial charge in [-0.3, -0.25) is 0 Å². The number of hydrogen-bond donors (Lipinski definition) is 3. The number of aromatic carboxylic acids is 1. The average Bonchev–Trinajstić information content (AvgIpc) is 2.96. The fraction of sp³-hybridized carbons (Fsp3) is 0.200. The first kappa shape index (κ1) is 19.2. The Bertz CT molecular complexity index is 1010. The van der Waals surface area contributed by atoms with Crippen LogP contribution >= 0.6 is 0 Å². The van der Waals surface area contributed by atoms with Gasteiger partial charge in [0.2, 0.25) is 0 Å². The Balaban J connectivity index is 1.68. The molecule has 1 aromatic heterocycles. The van der Waals surface area contributed by atoms with Gasteiger partial charge in [-0.15, -0.1) is 0 Å². The summed E-state index contributed by atoms with van der Waals surface area (Å²) in [4.78, 5) is 23.5. The second-order valence-electron chi connectivity index (χ2n) is 6.44. The minimum atomic E-state index is -1.16. The number of carbonyl (C=O) groups excluding carboxylic acids is 1. The number of carbonyl (C=O) groups is 2. The number of carboxylic acids is 1. The topological polar surface area (TPSA) is 106 Å². The van der Waals surface area contributed by atoms with Crippen molar-refractivity contribution < 1.29 is 19.8 Å². The first-order chi connectivity index (χ1) is 12.9. The fourth-order valence-electron chi connectivity index (χ4n) is 3.08. The first-order valence-electron chi connectivity index (χ1n) is 8.47. The molecule has 1 heterocycles.